The van der Waals surface area contributed by atoms with Gasteiger partial charge in [0.2, 0.25) is 5.95 Å². The summed E-state index contributed by atoms with van der Waals surface area (Å²) in [5.74, 6) is 1.10. The van der Waals surface area contributed by atoms with Gasteiger partial charge in [0.25, 0.3) is 0 Å². The van der Waals surface area contributed by atoms with Gasteiger partial charge < -0.3 is 10.6 Å². The molecule has 17 heavy (non-hydrogen) atoms. The Labute approximate surface area is 111 Å². The van der Waals surface area contributed by atoms with Crippen molar-refractivity contribution in [1.29, 1.82) is 0 Å². The van der Waals surface area contributed by atoms with E-state index in [9.17, 15) is 0 Å². The minimum atomic E-state index is 0.248. The fourth-order valence-electron chi connectivity index (χ4n) is 2.09. The third kappa shape index (κ3) is 3.39. The first-order chi connectivity index (χ1) is 8.19. The zero-order chi connectivity index (χ0) is 12.3. The molecule has 1 aliphatic heterocycles. The molecule has 4 nitrogen and oxygen atoms in total. The van der Waals surface area contributed by atoms with Crippen molar-refractivity contribution in [1.82, 2.24) is 9.97 Å². The summed E-state index contributed by atoms with van der Waals surface area (Å²) >= 11 is 7.83. The quantitative estimate of drug-likeness (QED) is 0.838. The Bertz CT molecular complexity index is 367. The van der Waals surface area contributed by atoms with Crippen molar-refractivity contribution in [2.24, 2.45) is 0 Å². The highest BCUT2D eigenvalue weighted by atomic mass is 35.5. The Hall–Kier alpha value is -0.680. The smallest absolute Gasteiger partial charge is 0.223 e. The van der Waals surface area contributed by atoms with E-state index in [2.05, 4.69) is 21.1 Å². The van der Waals surface area contributed by atoms with Gasteiger partial charge in [-0.05, 0) is 19.1 Å². The topological polar surface area (TPSA) is 55.0 Å². The van der Waals surface area contributed by atoms with Gasteiger partial charge in [-0.25, -0.2) is 4.98 Å². The summed E-state index contributed by atoms with van der Waals surface area (Å²) in [5.41, 5.74) is 5.63. The Morgan fingerprint density at radius 2 is 2.29 bits per heavy atom. The molecule has 0 amide bonds. The van der Waals surface area contributed by atoms with Crippen LogP contribution in [0.1, 0.15) is 19.3 Å². The summed E-state index contributed by atoms with van der Waals surface area (Å²) in [6.45, 7) is 2.03. The summed E-state index contributed by atoms with van der Waals surface area (Å²) < 4.78 is 0. The highest BCUT2D eigenvalue weighted by molar-refractivity contribution is 7.99. The van der Waals surface area contributed by atoms with Crippen LogP contribution in [-0.2, 0) is 0 Å². The van der Waals surface area contributed by atoms with E-state index in [4.69, 9.17) is 17.3 Å². The second-order valence-corrected chi connectivity index (χ2v) is 5.73. The Morgan fingerprint density at radius 3 is 3.00 bits per heavy atom. The number of aromatic nitrogens is 2. The molecule has 1 aromatic heterocycles. The van der Waals surface area contributed by atoms with Crippen LogP contribution in [0.25, 0.3) is 0 Å². The Balaban J connectivity index is 2.18. The number of nitrogens with zero attached hydrogens (tertiary/aromatic N) is 3. The van der Waals surface area contributed by atoms with Crippen molar-refractivity contribution in [3.63, 3.8) is 0 Å². The predicted molar refractivity (Wildman–Crippen MR) is 74.8 cm³/mol. The standard InChI is InChI=1S/C11H17ClN4S/c1-17-8-4-2-3-5-16(7-8)10-6-9(12)14-11(13)15-10/h6,8H,2-5,7H2,1H3,(H2,13,14,15). The molecule has 0 saturated carbocycles. The molecule has 94 valence electrons. The van der Waals surface area contributed by atoms with E-state index in [-0.39, 0.29) is 5.95 Å². The fraction of sp³-hybridized carbons (Fsp3) is 0.636. The van der Waals surface area contributed by atoms with Gasteiger partial charge in [-0.15, -0.1) is 0 Å². The molecule has 1 saturated heterocycles. The fourth-order valence-corrected chi connectivity index (χ4v) is 3.00. The number of thioether (sulfide) groups is 1. The Kier molecular flexibility index (Phi) is 4.34. The zero-order valence-electron chi connectivity index (χ0n) is 9.90. The van der Waals surface area contributed by atoms with Gasteiger partial charge in [-0.2, -0.15) is 16.7 Å². The average Bonchev–Trinajstić information content (AvgIpc) is 2.52. The average molecular weight is 273 g/mol. The maximum absolute atomic E-state index is 5.92. The van der Waals surface area contributed by atoms with Gasteiger partial charge in [0, 0.05) is 24.4 Å². The Morgan fingerprint density at radius 1 is 1.47 bits per heavy atom. The normalized spacial score (nSPS) is 21.3. The molecular weight excluding hydrogens is 256 g/mol. The molecule has 1 fully saturated rings. The molecule has 1 atom stereocenters. The summed E-state index contributed by atoms with van der Waals surface area (Å²) in [4.78, 5) is 10.4. The van der Waals surface area contributed by atoms with Gasteiger partial charge in [0.05, 0.1) is 0 Å². The van der Waals surface area contributed by atoms with E-state index in [0.717, 1.165) is 18.9 Å². The van der Waals surface area contributed by atoms with E-state index in [0.29, 0.717) is 10.4 Å². The molecule has 2 rings (SSSR count). The second kappa shape index (κ2) is 5.78. The van der Waals surface area contributed by atoms with Gasteiger partial charge in [-0.1, -0.05) is 18.0 Å². The van der Waals surface area contributed by atoms with Crippen molar-refractivity contribution in [2.45, 2.75) is 24.5 Å². The summed E-state index contributed by atoms with van der Waals surface area (Å²) in [6, 6.07) is 1.79. The third-order valence-electron chi connectivity index (χ3n) is 2.98. The van der Waals surface area contributed by atoms with E-state index in [1.807, 2.05) is 11.8 Å². The highest BCUT2D eigenvalue weighted by Gasteiger charge is 2.19. The highest BCUT2D eigenvalue weighted by Crippen LogP contribution is 2.25. The van der Waals surface area contributed by atoms with Gasteiger partial charge in [-0.3, -0.25) is 0 Å². The molecule has 1 unspecified atom stereocenters. The van der Waals surface area contributed by atoms with Crippen molar-refractivity contribution in [3.8, 4) is 0 Å². The maximum atomic E-state index is 5.92. The molecule has 0 bridgehead atoms. The van der Waals surface area contributed by atoms with Gasteiger partial charge >= 0.3 is 0 Å². The van der Waals surface area contributed by atoms with Crippen LogP contribution in [0.2, 0.25) is 5.15 Å². The molecule has 2 heterocycles. The van der Waals surface area contributed by atoms with Crippen LogP contribution in [-0.4, -0.2) is 34.6 Å². The number of nitrogens with two attached hydrogens (primary N) is 1. The van der Waals surface area contributed by atoms with Crippen LogP contribution in [0.4, 0.5) is 11.8 Å². The first kappa shape index (κ1) is 12.8. The lowest BCUT2D eigenvalue weighted by Crippen LogP contribution is -2.30. The molecule has 1 aliphatic rings. The zero-order valence-corrected chi connectivity index (χ0v) is 11.5. The van der Waals surface area contributed by atoms with Crippen LogP contribution < -0.4 is 10.6 Å². The molecule has 6 heteroatoms. The van der Waals surface area contributed by atoms with Crippen LogP contribution in [0.3, 0.4) is 0 Å². The minimum Gasteiger partial charge on any atom is -0.368 e. The van der Waals surface area contributed by atoms with Crippen LogP contribution >= 0.6 is 23.4 Å². The van der Waals surface area contributed by atoms with E-state index >= 15 is 0 Å². The number of halogens is 1. The lowest BCUT2D eigenvalue weighted by molar-refractivity contribution is 0.736. The van der Waals surface area contributed by atoms with E-state index < -0.39 is 0 Å². The third-order valence-corrected chi connectivity index (χ3v) is 4.23. The second-order valence-electron chi connectivity index (χ2n) is 4.21. The molecule has 1 aromatic rings. The minimum absolute atomic E-state index is 0.248. The molecule has 0 aliphatic carbocycles. The molecule has 2 N–H and O–H groups in total. The largest absolute Gasteiger partial charge is 0.368 e. The summed E-state index contributed by atoms with van der Waals surface area (Å²) in [6.07, 6.45) is 5.90. The molecule has 0 radical (unpaired) electrons. The monoisotopic (exact) mass is 272 g/mol. The van der Waals surface area contributed by atoms with Crippen molar-refractivity contribution in [2.75, 3.05) is 30.0 Å². The summed E-state index contributed by atoms with van der Waals surface area (Å²) in [5, 5.41) is 1.07. The number of hydrogen-bond donors (Lipinski definition) is 1. The van der Waals surface area contributed by atoms with E-state index in [1.165, 1.54) is 19.3 Å². The number of rotatable bonds is 2. The van der Waals surface area contributed by atoms with Crippen molar-refractivity contribution in [3.05, 3.63) is 11.2 Å². The molecule has 0 spiro atoms. The predicted octanol–water partition coefficient (Wildman–Crippen LogP) is 2.43. The molecule has 0 aromatic carbocycles. The summed E-state index contributed by atoms with van der Waals surface area (Å²) in [7, 11) is 0. The van der Waals surface area contributed by atoms with Gasteiger partial charge in [0.1, 0.15) is 11.0 Å². The molecular formula is C11H17ClN4S. The number of hydrogen-bond acceptors (Lipinski definition) is 5. The lowest BCUT2D eigenvalue weighted by Gasteiger charge is -2.24. The van der Waals surface area contributed by atoms with Gasteiger partial charge in [0.15, 0.2) is 0 Å². The number of anilines is 2. The lowest BCUT2D eigenvalue weighted by atomic mass is 10.2. The van der Waals surface area contributed by atoms with Crippen LogP contribution in [0.5, 0.6) is 0 Å². The van der Waals surface area contributed by atoms with E-state index in [1.54, 1.807) is 6.07 Å². The first-order valence-electron chi connectivity index (χ1n) is 5.77. The van der Waals surface area contributed by atoms with Crippen LogP contribution in [0.15, 0.2) is 6.07 Å². The maximum Gasteiger partial charge on any atom is 0.223 e. The van der Waals surface area contributed by atoms with Crippen molar-refractivity contribution >= 4 is 35.1 Å². The number of nitrogen functional groups attached to an aromatic ring is 1. The first-order valence-corrected chi connectivity index (χ1v) is 7.43. The van der Waals surface area contributed by atoms with Crippen molar-refractivity contribution < 1.29 is 0 Å². The van der Waals surface area contributed by atoms with Crippen LogP contribution in [0, 0.1) is 0 Å². The SMILES string of the molecule is CSC1CCCCN(c2cc(Cl)nc(N)n2)C1.